The van der Waals surface area contributed by atoms with Gasteiger partial charge in [0.05, 0.1) is 11.1 Å². The second-order valence-corrected chi connectivity index (χ2v) is 4.84. The molecule has 0 fully saturated rings. The number of halogens is 4. The molecule has 20 heavy (non-hydrogen) atoms. The van der Waals surface area contributed by atoms with Gasteiger partial charge in [0.2, 0.25) is 0 Å². The first-order valence-corrected chi connectivity index (χ1v) is 6.29. The first kappa shape index (κ1) is 14.6. The topological polar surface area (TPSA) is 26.3 Å². The van der Waals surface area contributed by atoms with Crippen molar-refractivity contribution < 1.29 is 22.7 Å². The molecule has 0 saturated carbocycles. The second kappa shape index (κ2) is 5.66. The average Bonchev–Trinajstić information content (AvgIpc) is 2.37. The Morgan fingerprint density at radius 3 is 2.45 bits per heavy atom. The predicted molar refractivity (Wildman–Crippen MR) is 71.0 cm³/mol. The Morgan fingerprint density at radius 2 is 1.85 bits per heavy atom. The minimum atomic E-state index is -4.49. The molecule has 0 unspecified atom stereocenters. The molecule has 0 radical (unpaired) electrons. The summed E-state index contributed by atoms with van der Waals surface area (Å²) in [7, 11) is 0. The number of carbonyl (C=O) groups excluding carboxylic acids is 1. The van der Waals surface area contributed by atoms with Crippen LogP contribution in [0.25, 0.3) is 0 Å². The fourth-order valence-corrected chi connectivity index (χ4v) is 1.93. The summed E-state index contributed by atoms with van der Waals surface area (Å²) in [4.78, 5) is 10.9. The summed E-state index contributed by atoms with van der Waals surface area (Å²) in [6, 6.07) is 9.34. The molecule has 0 bridgehead atoms. The van der Waals surface area contributed by atoms with Crippen LogP contribution in [0.4, 0.5) is 13.2 Å². The Bertz CT molecular complexity index is 639. The molecule has 0 atom stereocenters. The van der Waals surface area contributed by atoms with Crippen molar-refractivity contribution in [2.45, 2.75) is 6.18 Å². The lowest BCUT2D eigenvalue weighted by Gasteiger charge is -2.12. The molecule has 0 aliphatic carbocycles. The van der Waals surface area contributed by atoms with Gasteiger partial charge in [-0.25, -0.2) is 0 Å². The third kappa shape index (κ3) is 3.39. The van der Waals surface area contributed by atoms with Gasteiger partial charge in [-0.3, -0.25) is 4.79 Å². The van der Waals surface area contributed by atoms with Crippen molar-refractivity contribution in [1.29, 1.82) is 0 Å². The third-order valence-corrected chi connectivity index (χ3v) is 2.98. The molecule has 6 heteroatoms. The van der Waals surface area contributed by atoms with Gasteiger partial charge in [-0.05, 0) is 36.4 Å². The minimum absolute atomic E-state index is 0.0537. The van der Waals surface area contributed by atoms with Crippen molar-refractivity contribution in [1.82, 2.24) is 0 Å². The van der Waals surface area contributed by atoms with Crippen LogP contribution < -0.4 is 4.74 Å². The molecule has 0 aliphatic rings. The Hall–Kier alpha value is -1.82. The highest BCUT2D eigenvalue weighted by Gasteiger charge is 2.31. The van der Waals surface area contributed by atoms with Crippen LogP contribution in [0.3, 0.4) is 0 Å². The van der Waals surface area contributed by atoms with Gasteiger partial charge in [0.25, 0.3) is 0 Å². The van der Waals surface area contributed by atoms with Crippen molar-refractivity contribution in [3.05, 3.63) is 58.1 Å². The predicted octanol–water partition coefficient (Wildman–Crippen LogP) is 5.07. The lowest BCUT2D eigenvalue weighted by atomic mass is 10.1. The summed E-state index contributed by atoms with van der Waals surface area (Å²) < 4.78 is 44.0. The molecule has 0 spiro atoms. The lowest BCUT2D eigenvalue weighted by Crippen LogP contribution is -2.05. The molecule has 104 valence electrons. The Balaban J connectivity index is 2.41. The summed E-state index contributed by atoms with van der Waals surface area (Å²) in [6.45, 7) is 0. The van der Waals surface area contributed by atoms with E-state index in [9.17, 15) is 18.0 Å². The maximum atomic E-state index is 12.7. The van der Waals surface area contributed by atoms with E-state index in [1.165, 1.54) is 0 Å². The zero-order chi connectivity index (χ0) is 14.8. The van der Waals surface area contributed by atoms with Crippen LogP contribution in [0.5, 0.6) is 11.5 Å². The Labute approximate surface area is 121 Å². The standard InChI is InChI=1S/C14H8BrF3O2/c15-11-2-1-3-12(7-11)20-13-6-10(14(16,17)18)5-4-9(13)8-19/h1-8H. The third-order valence-electron chi connectivity index (χ3n) is 2.49. The molecule has 0 saturated heterocycles. The van der Waals surface area contributed by atoms with Crippen LogP contribution in [0.1, 0.15) is 15.9 Å². The molecule has 2 aromatic rings. The van der Waals surface area contributed by atoms with Crippen LogP contribution in [0.15, 0.2) is 46.9 Å². The smallest absolute Gasteiger partial charge is 0.416 e. The number of benzene rings is 2. The Morgan fingerprint density at radius 1 is 1.10 bits per heavy atom. The molecule has 0 aromatic heterocycles. The van der Waals surface area contributed by atoms with E-state index in [-0.39, 0.29) is 11.3 Å². The minimum Gasteiger partial charge on any atom is -0.457 e. The quantitative estimate of drug-likeness (QED) is 0.726. The number of aldehydes is 1. The molecule has 2 nitrogen and oxygen atoms in total. The zero-order valence-corrected chi connectivity index (χ0v) is 11.5. The van der Waals surface area contributed by atoms with Gasteiger partial charge in [-0.15, -0.1) is 0 Å². The number of hydrogen-bond acceptors (Lipinski definition) is 2. The molecule has 2 aromatic carbocycles. The molecule has 2 rings (SSSR count). The van der Waals surface area contributed by atoms with Gasteiger partial charge in [0.15, 0.2) is 6.29 Å². The zero-order valence-electron chi connectivity index (χ0n) is 9.95. The first-order chi connectivity index (χ1) is 9.40. The summed E-state index contributed by atoms with van der Waals surface area (Å²) >= 11 is 3.23. The number of hydrogen-bond donors (Lipinski definition) is 0. The van der Waals surface area contributed by atoms with E-state index in [2.05, 4.69) is 15.9 Å². The second-order valence-electron chi connectivity index (χ2n) is 3.93. The largest absolute Gasteiger partial charge is 0.457 e. The molecule has 0 amide bonds. The van der Waals surface area contributed by atoms with Gasteiger partial charge in [-0.2, -0.15) is 13.2 Å². The molecular formula is C14H8BrF3O2. The average molecular weight is 345 g/mol. The van der Waals surface area contributed by atoms with E-state index in [0.717, 1.165) is 22.7 Å². The van der Waals surface area contributed by atoms with Crippen molar-refractivity contribution in [2.24, 2.45) is 0 Å². The highest BCUT2D eigenvalue weighted by molar-refractivity contribution is 9.10. The van der Waals surface area contributed by atoms with Crippen LogP contribution in [0, 0.1) is 0 Å². The monoisotopic (exact) mass is 344 g/mol. The van der Waals surface area contributed by atoms with Gasteiger partial charge in [-0.1, -0.05) is 22.0 Å². The van der Waals surface area contributed by atoms with Crippen molar-refractivity contribution in [3.8, 4) is 11.5 Å². The van der Waals surface area contributed by atoms with Crippen molar-refractivity contribution >= 4 is 22.2 Å². The normalized spacial score (nSPS) is 11.2. The van der Waals surface area contributed by atoms with E-state index in [4.69, 9.17) is 4.74 Å². The lowest BCUT2D eigenvalue weighted by molar-refractivity contribution is -0.137. The highest BCUT2D eigenvalue weighted by atomic mass is 79.9. The fourth-order valence-electron chi connectivity index (χ4n) is 1.55. The number of carbonyl (C=O) groups is 1. The van der Waals surface area contributed by atoms with Crippen molar-refractivity contribution in [2.75, 3.05) is 0 Å². The van der Waals surface area contributed by atoms with Gasteiger partial charge >= 0.3 is 6.18 Å². The summed E-state index contributed by atoms with van der Waals surface area (Å²) in [5.74, 6) is 0.203. The highest BCUT2D eigenvalue weighted by Crippen LogP contribution is 2.34. The summed E-state index contributed by atoms with van der Waals surface area (Å²) in [5, 5.41) is 0. The first-order valence-electron chi connectivity index (χ1n) is 5.50. The van der Waals surface area contributed by atoms with E-state index >= 15 is 0 Å². The van der Waals surface area contributed by atoms with Crippen LogP contribution in [0.2, 0.25) is 0 Å². The number of alkyl halides is 3. The molecule has 0 N–H and O–H groups in total. The van der Waals surface area contributed by atoms with Crippen molar-refractivity contribution in [3.63, 3.8) is 0 Å². The van der Waals surface area contributed by atoms with Crippen LogP contribution in [-0.4, -0.2) is 6.29 Å². The van der Waals surface area contributed by atoms with E-state index in [0.29, 0.717) is 12.0 Å². The van der Waals surface area contributed by atoms with E-state index < -0.39 is 11.7 Å². The number of rotatable bonds is 3. The molecule has 0 aliphatic heterocycles. The molecular weight excluding hydrogens is 337 g/mol. The summed E-state index contributed by atoms with van der Waals surface area (Å²) in [6.07, 6.45) is -4.04. The van der Waals surface area contributed by atoms with Crippen LogP contribution >= 0.6 is 15.9 Å². The Kier molecular flexibility index (Phi) is 4.13. The van der Waals surface area contributed by atoms with E-state index in [1.54, 1.807) is 24.3 Å². The van der Waals surface area contributed by atoms with Gasteiger partial charge in [0, 0.05) is 4.47 Å². The maximum absolute atomic E-state index is 12.7. The SMILES string of the molecule is O=Cc1ccc(C(F)(F)F)cc1Oc1cccc(Br)c1. The fraction of sp³-hybridized carbons (Fsp3) is 0.0714. The van der Waals surface area contributed by atoms with E-state index in [1.807, 2.05) is 0 Å². The number of ether oxygens (including phenoxy) is 1. The summed E-state index contributed by atoms with van der Waals surface area (Å²) in [5.41, 5.74) is -0.814. The van der Waals surface area contributed by atoms with Gasteiger partial charge < -0.3 is 4.74 Å². The molecule has 0 heterocycles. The van der Waals surface area contributed by atoms with Crippen LogP contribution in [-0.2, 0) is 6.18 Å². The van der Waals surface area contributed by atoms with Gasteiger partial charge in [0.1, 0.15) is 11.5 Å². The maximum Gasteiger partial charge on any atom is 0.416 e.